The summed E-state index contributed by atoms with van der Waals surface area (Å²) in [6.45, 7) is 2.29. The van der Waals surface area contributed by atoms with Crippen LogP contribution in [-0.2, 0) is 0 Å². The first-order valence-electron chi connectivity index (χ1n) is 6.96. The van der Waals surface area contributed by atoms with E-state index in [1.807, 2.05) is 24.6 Å². The molecule has 0 saturated heterocycles. The molecule has 0 bridgehead atoms. The molecule has 2 N–H and O–H groups in total. The molecule has 2 aliphatic rings. The van der Waals surface area contributed by atoms with E-state index in [0.717, 1.165) is 16.8 Å². The maximum atomic E-state index is 9.83. The fraction of sp³-hybridized carbons (Fsp3) is 0.235. The van der Waals surface area contributed by atoms with Crippen molar-refractivity contribution < 1.29 is 5.11 Å². The Kier molecular flexibility index (Phi) is 2.44. The van der Waals surface area contributed by atoms with Crippen molar-refractivity contribution in [1.29, 1.82) is 0 Å². The highest BCUT2D eigenvalue weighted by molar-refractivity contribution is 5.94. The molecule has 2 unspecified atom stereocenters. The molecule has 4 rings (SSSR count). The number of hydrogen-bond donors (Lipinski definition) is 2. The van der Waals surface area contributed by atoms with Crippen LogP contribution in [0.2, 0.25) is 0 Å². The largest absolute Gasteiger partial charge is 0.392 e. The molecular weight excluding hydrogens is 248 g/mol. The second-order valence-corrected chi connectivity index (χ2v) is 5.48. The second kappa shape index (κ2) is 4.18. The number of aromatic nitrogens is 1. The van der Waals surface area contributed by atoms with Crippen LogP contribution in [0, 0.1) is 5.92 Å². The molecular formula is C17H16N2O. The van der Waals surface area contributed by atoms with Gasteiger partial charge < -0.3 is 10.1 Å². The predicted molar refractivity (Wildman–Crippen MR) is 81.8 cm³/mol. The van der Waals surface area contributed by atoms with Gasteiger partial charge in [0.15, 0.2) is 0 Å². The number of nitrogens with one attached hydrogen (secondary N) is 1. The van der Waals surface area contributed by atoms with E-state index in [0.29, 0.717) is 5.92 Å². The number of H-pyrrole nitrogens is 1. The predicted octanol–water partition coefficient (Wildman–Crippen LogP) is 3.25. The Hall–Kier alpha value is -2.13. The third kappa shape index (κ3) is 1.41. The van der Waals surface area contributed by atoms with Crippen molar-refractivity contribution >= 4 is 22.7 Å². The molecule has 100 valence electrons. The van der Waals surface area contributed by atoms with Crippen LogP contribution in [0.4, 0.5) is 0 Å². The van der Waals surface area contributed by atoms with Gasteiger partial charge in [-0.25, -0.2) is 0 Å². The number of fused-ring (bicyclic) bond motifs is 4. The lowest BCUT2D eigenvalue weighted by Crippen LogP contribution is -2.22. The first-order chi connectivity index (χ1) is 9.81. The van der Waals surface area contributed by atoms with Crippen LogP contribution >= 0.6 is 0 Å². The summed E-state index contributed by atoms with van der Waals surface area (Å²) >= 11 is 0. The van der Waals surface area contributed by atoms with Crippen LogP contribution in [0.15, 0.2) is 47.1 Å². The highest BCUT2D eigenvalue weighted by atomic mass is 16.3. The number of aromatic amines is 1. The van der Waals surface area contributed by atoms with Crippen molar-refractivity contribution in [3.05, 3.63) is 53.4 Å². The fourth-order valence-electron chi connectivity index (χ4n) is 3.53. The van der Waals surface area contributed by atoms with Gasteiger partial charge in [0, 0.05) is 40.5 Å². The molecule has 20 heavy (non-hydrogen) atoms. The molecule has 2 atom stereocenters. The Morgan fingerprint density at radius 1 is 1.30 bits per heavy atom. The molecule has 0 fully saturated rings. The molecule has 3 heteroatoms. The zero-order valence-electron chi connectivity index (χ0n) is 11.3. The third-order valence-corrected chi connectivity index (χ3v) is 4.49. The molecule has 0 amide bonds. The number of aliphatic imine (C=N–C) groups is 1. The summed E-state index contributed by atoms with van der Waals surface area (Å²) in [6.07, 6.45) is 5.84. The highest BCUT2D eigenvalue weighted by Crippen LogP contribution is 2.45. The summed E-state index contributed by atoms with van der Waals surface area (Å²) in [7, 11) is 0. The lowest BCUT2D eigenvalue weighted by Gasteiger charge is -2.31. The van der Waals surface area contributed by atoms with Crippen molar-refractivity contribution in [3.8, 4) is 0 Å². The normalized spacial score (nSPS) is 24.1. The molecule has 0 radical (unpaired) electrons. The Bertz CT molecular complexity index is 779. The standard InChI is InChI=1S/C17H16N2O/c1-10-13-8-18-7-6-11(13)14(9-20)17-16(10)12-4-2-3-5-15(12)19-17/h2-8,10,13,19-20H,9H2,1H3. The molecule has 1 aliphatic heterocycles. The monoisotopic (exact) mass is 264 g/mol. The Morgan fingerprint density at radius 3 is 3.00 bits per heavy atom. The number of aliphatic hydroxyl groups excluding tert-OH is 1. The first kappa shape index (κ1) is 11.7. The number of rotatable bonds is 1. The van der Waals surface area contributed by atoms with Gasteiger partial charge in [-0.3, -0.25) is 4.99 Å². The van der Waals surface area contributed by atoms with E-state index >= 15 is 0 Å². The van der Waals surface area contributed by atoms with Gasteiger partial charge in [0.1, 0.15) is 0 Å². The van der Waals surface area contributed by atoms with Crippen molar-refractivity contribution in [2.24, 2.45) is 10.9 Å². The van der Waals surface area contributed by atoms with E-state index in [1.165, 1.54) is 16.5 Å². The average molecular weight is 264 g/mol. The molecule has 1 aromatic carbocycles. The Balaban J connectivity index is 2.08. The minimum Gasteiger partial charge on any atom is -0.392 e. The SMILES string of the molecule is CC1c2c([nH]c3ccccc23)C(CO)=C2C=CN=CC21. The van der Waals surface area contributed by atoms with Crippen molar-refractivity contribution in [3.63, 3.8) is 0 Å². The molecule has 1 aliphatic carbocycles. The van der Waals surface area contributed by atoms with Gasteiger partial charge in [-0.15, -0.1) is 0 Å². The van der Waals surface area contributed by atoms with Gasteiger partial charge in [0.25, 0.3) is 0 Å². The molecule has 2 aromatic rings. The number of benzene rings is 1. The summed E-state index contributed by atoms with van der Waals surface area (Å²) in [4.78, 5) is 7.77. The van der Waals surface area contributed by atoms with Crippen molar-refractivity contribution in [1.82, 2.24) is 4.98 Å². The quantitative estimate of drug-likeness (QED) is 0.816. The maximum absolute atomic E-state index is 9.83. The van der Waals surface area contributed by atoms with Crippen LogP contribution in [0.3, 0.4) is 0 Å². The molecule has 3 nitrogen and oxygen atoms in total. The van der Waals surface area contributed by atoms with E-state index in [-0.39, 0.29) is 12.5 Å². The second-order valence-electron chi connectivity index (χ2n) is 5.48. The van der Waals surface area contributed by atoms with Crippen molar-refractivity contribution in [2.75, 3.05) is 6.61 Å². The number of para-hydroxylation sites is 1. The Morgan fingerprint density at radius 2 is 2.15 bits per heavy atom. The zero-order chi connectivity index (χ0) is 13.7. The number of hydrogen-bond acceptors (Lipinski definition) is 2. The third-order valence-electron chi connectivity index (χ3n) is 4.49. The van der Waals surface area contributed by atoms with E-state index in [2.05, 4.69) is 35.1 Å². The fourth-order valence-corrected chi connectivity index (χ4v) is 3.53. The van der Waals surface area contributed by atoms with Gasteiger partial charge in [-0.1, -0.05) is 25.1 Å². The van der Waals surface area contributed by atoms with E-state index in [9.17, 15) is 5.11 Å². The summed E-state index contributed by atoms with van der Waals surface area (Å²) in [5.41, 5.74) is 5.72. The Labute approximate surface area is 117 Å². The van der Waals surface area contributed by atoms with Crippen LogP contribution in [0.5, 0.6) is 0 Å². The zero-order valence-corrected chi connectivity index (χ0v) is 11.3. The first-order valence-corrected chi connectivity index (χ1v) is 6.96. The van der Waals surface area contributed by atoms with Gasteiger partial charge >= 0.3 is 0 Å². The number of aliphatic hydroxyl groups is 1. The summed E-state index contributed by atoms with van der Waals surface area (Å²) < 4.78 is 0. The molecule has 0 saturated carbocycles. The lowest BCUT2D eigenvalue weighted by molar-refractivity contribution is 0.347. The molecule has 2 heterocycles. The van der Waals surface area contributed by atoms with E-state index in [1.54, 1.807) is 0 Å². The number of allylic oxidation sites excluding steroid dienone is 2. The average Bonchev–Trinajstić information content (AvgIpc) is 2.87. The minimum atomic E-state index is 0.0521. The minimum absolute atomic E-state index is 0.0521. The van der Waals surface area contributed by atoms with Crippen LogP contribution < -0.4 is 0 Å². The van der Waals surface area contributed by atoms with Crippen LogP contribution in [-0.4, -0.2) is 22.9 Å². The van der Waals surface area contributed by atoms with E-state index < -0.39 is 0 Å². The lowest BCUT2D eigenvalue weighted by atomic mass is 9.74. The topological polar surface area (TPSA) is 48.4 Å². The summed E-state index contributed by atoms with van der Waals surface area (Å²) in [5, 5.41) is 11.1. The van der Waals surface area contributed by atoms with Gasteiger partial charge in [-0.05, 0) is 29.2 Å². The summed E-state index contributed by atoms with van der Waals surface area (Å²) in [5.74, 6) is 0.619. The summed E-state index contributed by atoms with van der Waals surface area (Å²) in [6, 6.07) is 8.34. The highest BCUT2D eigenvalue weighted by Gasteiger charge is 2.34. The van der Waals surface area contributed by atoms with E-state index in [4.69, 9.17) is 0 Å². The van der Waals surface area contributed by atoms with Crippen LogP contribution in [0.25, 0.3) is 16.5 Å². The maximum Gasteiger partial charge on any atom is 0.0705 e. The van der Waals surface area contributed by atoms with Gasteiger partial charge in [0.05, 0.1) is 6.61 Å². The molecule has 1 aromatic heterocycles. The smallest absolute Gasteiger partial charge is 0.0705 e. The van der Waals surface area contributed by atoms with Crippen LogP contribution in [0.1, 0.15) is 24.1 Å². The van der Waals surface area contributed by atoms with Crippen molar-refractivity contribution in [2.45, 2.75) is 12.8 Å². The number of nitrogens with zero attached hydrogens (tertiary/aromatic N) is 1. The van der Waals surface area contributed by atoms with Gasteiger partial charge in [-0.2, -0.15) is 0 Å². The molecule has 0 spiro atoms. The van der Waals surface area contributed by atoms with Gasteiger partial charge in [0.2, 0.25) is 0 Å².